The molecule has 2 heterocycles. The van der Waals surface area contributed by atoms with Crippen molar-refractivity contribution in [2.45, 2.75) is 50.0 Å². The van der Waals surface area contributed by atoms with E-state index in [1.807, 2.05) is 35.2 Å². The summed E-state index contributed by atoms with van der Waals surface area (Å²) in [5.41, 5.74) is 6.92. The lowest BCUT2D eigenvalue weighted by Gasteiger charge is -2.34. The lowest BCUT2D eigenvalue weighted by atomic mass is 9.77. The van der Waals surface area contributed by atoms with E-state index >= 15 is 0 Å². The fourth-order valence-electron chi connectivity index (χ4n) is 3.67. The standard InChI is InChI=1S/C19H24N4O2/c20-19(9-5-10-19)18-21-17(25-22-18)15-8-4-11-23(13-15)16(24)12-14-6-2-1-3-7-14/h1-3,6-7,15H,4-5,8-13,20H2. The number of aromatic nitrogens is 2. The van der Waals surface area contributed by atoms with E-state index in [1.165, 1.54) is 0 Å². The monoisotopic (exact) mass is 340 g/mol. The molecule has 1 aromatic heterocycles. The summed E-state index contributed by atoms with van der Waals surface area (Å²) in [7, 11) is 0. The molecule has 1 aliphatic heterocycles. The number of carbonyl (C=O) groups is 1. The van der Waals surface area contributed by atoms with Gasteiger partial charge in [0.1, 0.15) is 0 Å². The third-order valence-corrected chi connectivity index (χ3v) is 5.45. The van der Waals surface area contributed by atoms with E-state index < -0.39 is 5.54 Å². The van der Waals surface area contributed by atoms with Crippen molar-refractivity contribution in [1.29, 1.82) is 0 Å². The topological polar surface area (TPSA) is 85.2 Å². The Morgan fingerprint density at radius 3 is 2.80 bits per heavy atom. The molecule has 1 saturated heterocycles. The third-order valence-electron chi connectivity index (χ3n) is 5.45. The second-order valence-electron chi connectivity index (χ2n) is 7.31. The Balaban J connectivity index is 1.41. The first kappa shape index (κ1) is 16.3. The lowest BCUT2D eigenvalue weighted by molar-refractivity contribution is -0.131. The molecule has 1 saturated carbocycles. The van der Waals surface area contributed by atoms with Gasteiger partial charge in [-0.05, 0) is 37.7 Å². The molecule has 2 aromatic rings. The number of rotatable bonds is 4. The van der Waals surface area contributed by atoms with Gasteiger partial charge in [0, 0.05) is 13.1 Å². The fourth-order valence-corrected chi connectivity index (χ4v) is 3.67. The molecule has 2 N–H and O–H groups in total. The first-order valence-corrected chi connectivity index (χ1v) is 9.09. The van der Waals surface area contributed by atoms with E-state index in [4.69, 9.17) is 10.3 Å². The summed E-state index contributed by atoms with van der Waals surface area (Å²) in [4.78, 5) is 19.1. The quantitative estimate of drug-likeness (QED) is 0.923. The van der Waals surface area contributed by atoms with Gasteiger partial charge >= 0.3 is 0 Å². The minimum absolute atomic E-state index is 0.110. The van der Waals surface area contributed by atoms with E-state index in [2.05, 4.69) is 10.1 Å². The van der Waals surface area contributed by atoms with Crippen LogP contribution in [-0.4, -0.2) is 34.0 Å². The maximum absolute atomic E-state index is 12.6. The number of hydrogen-bond donors (Lipinski definition) is 1. The number of amides is 1. The predicted octanol–water partition coefficient (Wildman–Crippen LogP) is 2.36. The van der Waals surface area contributed by atoms with Crippen LogP contribution < -0.4 is 5.73 Å². The summed E-state index contributed by atoms with van der Waals surface area (Å²) >= 11 is 0. The summed E-state index contributed by atoms with van der Waals surface area (Å²) in [5.74, 6) is 1.52. The molecule has 1 atom stereocenters. The van der Waals surface area contributed by atoms with Crippen LogP contribution in [-0.2, 0) is 16.8 Å². The molecular weight excluding hydrogens is 316 g/mol. The van der Waals surface area contributed by atoms with Crippen LogP contribution in [0.5, 0.6) is 0 Å². The zero-order valence-corrected chi connectivity index (χ0v) is 14.4. The van der Waals surface area contributed by atoms with E-state index in [0.717, 1.165) is 44.2 Å². The number of nitrogens with zero attached hydrogens (tertiary/aromatic N) is 3. The van der Waals surface area contributed by atoms with Gasteiger partial charge in [-0.15, -0.1) is 0 Å². The number of likely N-dealkylation sites (tertiary alicyclic amines) is 1. The Labute approximate surface area is 147 Å². The van der Waals surface area contributed by atoms with Crippen molar-refractivity contribution in [2.75, 3.05) is 13.1 Å². The molecule has 1 unspecified atom stereocenters. The molecule has 4 rings (SSSR count). The molecule has 6 heteroatoms. The van der Waals surface area contributed by atoms with Crippen molar-refractivity contribution in [1.82, 2.24) is 15.0 Å². The highest BCUT2D eigenvalue weighted by Crippen LogP contribution is 2.38. The number of hydrogen-bond acceptors (Lipinski definition) is 5. The lowest BCUT2D eigenvalue weighted by Crippen LogP contribution is -2.44. The molecule has 0 bridgehead atoms. The zero-order chi connectivity index (χ0) is 17.3. The van der Waals surface area contributed by atoms with Gasteiger partial charge in [-0.2, -0.15) is 4.98 Å². The molecule has 1 aromatic carbocycles. The molecule has 132 valence electrons. The summed E-state index contributed by atoms with van der Waals surface area (Å²) in [5, 5.41) is 4.11. The van der Waals surface area contributed by atoms with Gasteiger partial charge in [-0.1, -0.05) is 35.5 Å². The third kappa shape index (κ3) is 3.31. The first-order valence-electron chi connectivity index (χ1n) is 9.09. The van der Waals surface area contributed by atoms with Crippen molar-refractivity contribution in [3.8, 4) is 0 Å². The number of nitrogens with two attached hydrogens (primary N) is 1. The molecule has 0 radical (unpaired) electrons. The number of benzene rings is 1. The highest BCUT2D eigenvalue weighted by molar-refractivity contribution is 5.78. The van der Waals surface area contributed by atoms with Crippen LogP contribution in [0.25, 0.3) is 0 Å². The average Bonchev–Trinajstić information content (AvgIpc) is 3.11. The predicted molar refractivity (Wildman–Crippen MR) is 92.7 cm³/mol. The van der Waals surface area contributed by atoms with E-state index in [0.29, 0.717) is 24.7 Å². The van der Waals surface area contributed by atoms with E-state index in [9.17, 15) is 4.79 Å². The molecule has 6 nitrogen and oxygen atoms in total. The Morgan fingerprint density at radius 2 is 2.08 bits per heavy atom. The van der Waals surface area contributed by atoms with Crippen LogP contribution in [0.3, 0.4) is 0 Å². The van der Waals surface area contributed by atoms with Gasteiger partial charge in [0.05, 0.1) is 17.9 Å². The van der Waals surface area contributed by atoms with Crippen LogP contribution in [0.4, 0.5) is 0 Å². The average molecular weight is 340 g/mol. The first-order chi connectivity index (χ1) is 12.1. The molecule has 0 spiro atoms. The van der Waals surface area contributed by atoms with Crippen LogP contribution in [0, 0.1) is 0 Å². The van der Waals surface area contributed by atoms with Crippen LogP contribution in [0.15, 0.2) is 34.9 Å². The Morgan fingerprint density at radius 1 is 1.28 bits per heavy atom. The van der Waals surface area contributed by atoms with Gasteiger partial charge in [-0.3, -0.25) is 4.79 Å². The summed E-state index contributed by atoms with van der Waals surface area (Å²) in [6, 6.07) is 9.87. The highest BCUT2D eigenvalue weighted by Gasteiger charge is 2.40. The molecule has 2 aliphatic rings. The highest BCUT2D eigenvalue weighted by atomic mass is 16.5. The molecule has 1 aliphatic carbocycles. The smallest absolute Gasteiger partial charge is 0.231 e. The second kappa shape index (κ2) is 6.59. The number of carbonyl (C=O) groups excluding carboxylic acids is 1. The maximum Gasteiger partial charge on any atom is 0.231 e. The van der Waals surface area contributed by atoms with Gasteiger partial charge in [0.25, 0.3) is 0 Å². The SMILES string of the molecule is NC1(c2noc(C3CCCN(C(=O)Cc4ccccc4)C3)n2)CCC1. The van der Waals surface area contributed by atoms with Gasteiger partial charge in [0.15, 0.2) is 5.82 Å². The number of piperidine rings is 1. The Kier molecular flexibility index (Phi) is 4.29. The Hall–Kier alpha value is -2.21. The van der Waals surface area contributed by atoms with E-state index in [-0.39, 0.29) is 11.8 Å². The molecule has 1 amide bonds. The Bertz CT molecular complexity index is 739. The van der Waals surface area contributed by atoms with Gasteiger partial charge < -0.3 is 15.2 Å². The molecular formula is C19H24N4O2. The second-order valence-corrected chi connectivity index (χ2v) is 7.31. The fraction of sp³-hybridized carbons (Fsp3) is 0.526. The van der Waals surface area contributed by atoms with Crippen LogP contribution in [0.1, 0.15) is 55.3 Å². The van der Waals surface area contributed by atoms with Crippen LogP contribution >= 0.6 is 0 Å². The van der Waals surface area contributed by atoms with Gasteiger partial charge in [-0.25, -0.2) is 0 Å². The van der Waals surface area contributed by atoms with Crippen molar-refractivity contribution >= 4 is 5.91 Å². The van der Waals surface area contributed by atoms with Crippen molar-refractivity contribution in [2.24, 2.45) is 5.73 Å². The summed E-state index contributed by atoms with van der Waals surface area (Å²) in [6.07, 6.45) is 5.31. The van der Waals surface area contributed by atoms with Crippen molar-refractivity contribution in [3.63, 3.8) is 0 Å². The van der Waals surface area contributed by atoms with Crippen LogP contribution in [0.2, 0.25) is 0 Å². The van der Waals surface area contributed by atoms with Gasteiger partial charge in [0.2, 0.25) is 11.8 Å². The van der Waals surface area contributed by atoms with Crippen molar-refractivity contribution < 1.29 is 9.32 Å². The normalized spacial score (nSPS) is 22.4. The minimum Gasteiger partial charge on any atom is -0.342 e. The van der Waals surface area contributed by atoms with Crippen molar-refractivity contribution in [3.05, 3.63) is 47.6 Å². The minimum atomic E-state index is -0.404. The van der Waals surface area contributed by atoms with E-state index in [1.54, 1.807) is 0 Å². The zero-order valence-electron chi connectivity index (χ0n) is 14.4. The summed E-state index contributed by atoms with van der Waals surface area (Å²) in [6.45, 7) is 1.44. The molecule has 2 fully saturated rings. The summed E-state index contributed by atoms with van der Waals surface area (Å²) < 4.78 is 5.49. The maximum atomic E-state index is 12.6. The largest absolute Gasteiger partial charge is 0.342 e. The molecule has 25 heavy (non-hydrogen) atoms.